The van der Waals surface area contributed by atoms with Crippen molar-refractivity contribution in [1.82, 2.24) is 4.31 Å². The highest BCUT2D eigenvalue weighted by molar-refractivity contribution is 7.89. The third kappa shape index (κ3) is 8.10. The molecular formula is C16H22F11NO4S. The van der Waals surface area contributed by atoms with E-state index in [9.17, 15) is 61.5 Å². The van der Waals surface area contributed by atoms with E-state index in [0.29, 0.717) is 4.31 Å². The van der Waals surface area contributed by atoms with Crippen molar-refractivity contribution < 1.29 is 66.2 Å². The second kappa shape index (κ2) is 10.5. The Morgan fingerprint density at radius 3 is 1.67 bits per heavy atom. The van der Waals surface area contributed by atoms with Crippen LogP contribution in [0, 0.1) is 5.92 Å². The van der Waals surface area contributed by atoms with E-state index in [2.05, 4.69) is 4.74 Å². The highest BCUT2D eigenvalue weighted by Crippen LogP contribution is 2.52. The van der Waals surface area contributed by atoms with Crippen LogP contribution in [0.4, 0.5) is 48.3 Å². The molecule has 0 bridgehead atoms. The average Bonchev–Trinajstić information content (AvgIpc) is 2.60. The zero-order valence-electron chi connectivity index (χ0n) is 17.5. The van der Waals surface area contributed by atoms with E-state index >= 15 is 0 Å². The fraction of sp³-hybridized carbons (Fsp3) is 0.938. The minimum atomic E-state index is -6.63. The number of esters is 1. The van der Waals surface area contributed by atoms with Crippen LogP contribution in [-0.2, 0) is 19.6 Å². The Labute approximate surface area is 182 Å². The summed E-state index contributed by atoms with van der Waals surface area (Å²) in [7, 11) is -3.76. The van der Waals surface area contributed by atoms with Gasteiger partial charge in [0.1, 0.15) is 6.54 Å². The molecule has 5 nitrogen and oxygen atoms in total. The SMILES string of the molecule is CCN(CC(=O)OC)S(=O)(=O)CCC(CC(C)(F)C(F)(F)F)CC(F)(C(F)(F)F)C(F)(F)F. The molecule has 0 rings (SSSR count). The first-order valence-corrected chi connectivity index (χ1v) is 10.7. The van der Waals surface area contributed by atoms with Crippen LogP contribution in [0.3, 0.4) is 0 Å². The molecule has 0 saturated heterocycles. The fourth-order valence-electron chi connectivity index (χ4n) is 2.78. The Balaban J connectivity index is 6.09. The maximum atomic E-state index is 14.1. The zero-order valence-corrected chi connectivity index (χ0v) is 18.3. The first-order valence-electron chi connectivity index (χ1n) is 9.07. The van der Waals surface area contributed by atoms with Crippen molar-refractivity contribution in [1.29, 1.82) is 0 Å². The van der Waals surface area contributed by atoms with Gasteiger partial charge in [-0.1, -0.05) is 6.92 Å². The van der Waals surface area contributed by atoms with E-state index in [1.54, 1.807) is 0 Å². The lowest BCUT2D eigenvalue weighted by Gasteiger charge is -2.35. The molecule has 0 saturated carbocycles. The van der Waals surface area contributed by atoms with Gasteiger partial charge >= 0.3 is 24.5 Å². The number of nitrogens with zero attached hydrogens (tertiary/aromatic N) is 1. The molecule has 198 valence electrons. The topological polar surface area (TPSA) is 63.7 Å². The molecule has 33 heavy (non-hydrogen) atoms. The van der Waals surface area contributed by atoms with Crippen molar-refractivity contribution in [2.75, 3.05) is 26.0 Å². The monoisotopic (exact) mass is 533 g/mol. The minimum Gasteiger partial charge on any atom is -0.468 e. The Morgan fingerprint density at radius 1 is 0.879 bits per heavy atom. The van der Waals surface area contributed by atoms with Crippen molar-refractivity contribution in [3.63, 3.8) is 0 Å². The van der Waals surface area contributed by atoms with Crippen molar-refractivity contribution >= 4 is 16.0 Å². The molecule has 0 aliphatic heterocycles. The number of halogens is 11. The molecule has 0 aromatic carbocycles. The first kappa shape index (κ1) is 31.6. The maximum absolute atomic E-state index is 14.1. The smallest absolute Gasteiger partial charge is 0.431 e. The Bertz CT molecular complexity index is 746. The molecular weight excluding hydrogens is 511 g/mol. The number of hydrogen-bond donors (Lipinski definition) is 0. The molecule has 0 aromatic heterocycles. The number of ether oxygens (including phenoxy) is 1. The highest BCUT2D eigenvalue weighted by Gasteiger charge is 2.72. The van der Waals surface area contributed by atoms with Gasteiger partial charge < -0.3 is 4.74 Å². The lowest BCUT2D eigenvalue weighted by Crippen LogP contribution is -2.55. The number of methoxy groups -OCH3 is 1. The molecule has 0 aliphatic carbocycles. The number of rotatable bonds is 11. The van der Waals surface area contributed by atoms with Crippen molar-refractivity contribution in [3.8, 4) is 0 Å². The number of sulfonamides is 1. The van der Waals surface area contributed by atoms with E-state index in [1.807, 2.05) is 0 Å². The Morgan fingerprint density at radius 2 is 1.33 bits per heavy atom. The van der Waals surface area contributed by atoms with E-state index < -0.39 is 89.9 Å². The first-order chi connectivity index (χ1) is 14.4. The second-order valence-corrected chi connectivity index (χ2v) is 9.46. The number of alkyl halides is 11. The Hall–Kier alpha value is -1.39. The van der Waals surface area contributed by atoms with Crippen LogP contribution >= 0.6 is 0 Å². The lowest BCUT2D eigenvalue weighted by atomic mass is 9.82. The number of carbonyl (C=O) groups is 1. The second-order valence-electron chi connectivity index (χ2n) is 7.37. The molecule has 0 aliphatic rings. The van der Waals surface area contributed by atoms with Crippen LogP contribution in [0.1, 0.15) is 33.1 Å². The molecule has 0 radical (unpaired) electrons. The molecule has 0 heterocycles. The van der Waals surface area contributed by atoms with Crippen LogP contribution < -0.4 is 0 Å². The zero-order chi connectivity index (χ0) is 26.7. The van der Waals surface area contributed by atoms with Crippen LogP contribution in [0.2, 0.25) is 0 Å². The standard InChI is InChI=1S/C16H22F11NO4S/c1-4-28(9-11(29)32-3)33(30,31)6-5-10(7-12(2,17)14(19,20)21)8-13(18,15(22,23)24)16(25,26)27/h10H,4-9H2,1-3H3. The largest absolute Gasteiger partial charge is 0.468 e. The molecule has 2 unspecified atom stereocenters. The summed E-state index contributed by atoms with van der Waals surface area (Å²) in [5.41, 5.74) is -10.4. The molecule has 2 atom stereocenters. The van der Waals surface area contributed by atoms with E-state index in [-0.39, 0.29) is 6.92 Å². The summed E-state index contributed by atoms with van der Waals surface area (Å²) in [6.45, 7) is -0.323. The molecule has 17 heteroatoms. The molecule has 0 amide bonds. The summed E-state index contributed by atoms with van der Waals surface area (Å²) in [4.78, 5) is 11.3. The van der Waals surface area contributed by atoms with Gasteiger partial charge in [0.15, 0.2) is 0 Å². The summed E-state index contributed by atoms with van der Waals surface area (Å²) in [5.74, 6) is -5.15. The predicted molar refractivity (Wildman–Crippen MR) is 91.9 cm³/mol. The third-order valence-electron chi connectivity index (χ3n) is 4.79. The lowest BCUT2D eigenvalue weighted by molar-refractivity contribution is -0.347. The van der Waals surface area contributed by atoms with Gasteiger partial charge in [-0.05, 0) is 25.7 Å². The van der Waals surface area contributed by atoms with Crippen molar-refractivity contribution in [2.45, 2.75) is 63.0 Å². The molecule has 0 fully saturated rings. The predicted octanol–water partition coefficient (Wildman–Crippen LogP) is 4.72. The summed E-state index contributed by atoms with van der Waals surface area (Å²) >= 11 is 0. The van der Waals surface area contributed by atoms with Gasteiger partial charge in [-0.3, -0.25) is 4.79 Å². The van der Waals surface area contributed by atoms with E-state index in [0.717, 1.165) is 7.11 Å². The van der Waals surface area contributed by atoms with E-state index in [4.69, 9.17) is 0 Å². The Kier molecular flexibility index (Phi) is 10.0. The number of hydrogen-bond acceptors (Lipinski definition) is 4. The van der Waals surface area contributed by atoms with Crippen LogP contribution in [0.25, 0.3) is 0 Å². The highest BCUT2D eigenvalue weighted by atomic mass is 32.2. The van der Waals surface area contributed by atoms with Crippen LogP contribution in [0.5, 0.6) is 0 Å². The van der Waals surface area contributed by atoms with Gasteiger partial charge in [-0.15, -0.1) is 0 Å². The van der Waals surface area contributed by atoms with Gasteiger partial charge in [-0.25, -0.2) is 17.2 Å². The van der Waals surface area contributed by atoms with Crippen LogP contribution in [-0.4, -0.2) is 74.5 Å². The van der Waals surface area contributed by atoms with Gasteiger partial charge in [0.25, 0.3) is 5.67 Å². The van der Waals surface area contributed by atoms with Crippen LogP contribution in [0.15, 0.2) is 0 Å². The molecule has 0 spiro atoms. The maximum Gasteiger partial charge on any atom is 0.431 e. The minimum absolute atomic E-state index is 0.175. The van der Waals surface area contributed by atoms with E-state index in [1.165, 1.54) is 6.92 Å². The summed E-state index contributed by atoms with van der Waals surface area (Å²) in [5, 5.41) is 0. The summed E-state index contributed by atoms with van der Waals surface area (Å²) < 4.78 is 173. The van der Waals surface area contributed by atoms with Gasteiger partial charge in [-0.2, -0.15) is 43.8 Å². The normalized spacial score (nSPS) is 17.1. The molecule has 0 N–H and O–H groups in total. The van der Waals surface area contributed by atoms with Crippen molar-refractivity contribution in [3.05, 3.63) is 0 Å². The van der Waals surface area contributed by atoms with Gasteiger partial charge in [0.2, 0.25) is 15.7 Å². The number of carbonyl (C=O) groups excluding carboxylic acids is 1. The third-order valence-corrected chi connectivity index (χ3v) is 6.72. The summed E-state index contributed by atoms with van der Waals surface area (Å²) in [6.07, 6.45) is -25.2. The quantitative estimate of drug-likeness (QED) is 0.285. The summed E-state index contributed by atoms with van der Waals surface area (Å²) in [6, 6.07) is 0. The fourth-order valence-corrected chi connectivity index (χ4v) is 4.37. The number of likely N-dealkylation sites (N-methyl/N-ethyl adjacent to an activating group) is 1. The van der Waals surface area contributed by atoms with Gasteiger partial charge in [0.05, 0.1) is 12.9 Å². The average molecular weight is 533 g/mol. The molecule has 0 aromatic rings. The van der Waals surface area contributed by atoms with Crippen molar-refractivity contribution in [2.24, 2.45) is 5.92 Å². The van der Waals surface area contributed by atoms with Gasteiger partial charge in [0, 0.05) is 13.0 Å².